The number of rotatable bonds is 3. The summed E-state index contributed by atoms with van der Waals surface area (Å²) in [6.07, 6.45) is -10.2. The molecule has 0 aromatic heterocycles. The van der Waals surface area contributed by atoms with Crippen LogP contribution in [0.2, 0.25) is 0 Å². The molecule has 0 aliphatic heterocycles. The first-order valence-corrected chi connectivity index (χ1v) is 4.74. The predicted molar refractivity (Wildman–Crippen MR) is 49.3 cm³/mol. The molecular formula is C10H8F6O2. The van der Waals surface area contributed by atoms with E-state index in [1.807, 2.05) is 0 Å². The van der Waals surface area contributed by atoms with E-state index in [1.165, 1.54) is 6.92 Å². The van der Waals surface area contributed by atoms with Crippen LogP contribution in [-0.4, -0.2) is 13.0 Å². The molecule has 0 atom stereocenters. The van der Waals surface area contributed by atoms with Crippen LogP contribution in [0.25, 0.3) is 0 Å². The summed E-state index contributed by atoms with van der Waals surface area (Å²) in [5.74, 6) is -2.03. The SMILES string of the molecule is CCOc1cccc(OC(F)(F)F)c1C(F)(F)F. The van der Waals surface area contributed by atoms with E-state index in [9.17, 15) is 26.3 Å². The van der Waals surface area contributed by atoms with E-state index >= 15 is 0 Å². The molecule has 18 heavy (non-hydrogen) atoms. The Balaban J connectivity index is 3.29. The van der Waals surface area contributed by atoms with Crippen LogP contribution in [-0.2, 0) is 6.18 Å². The van der Waals surface area contributed by atoms with E-state index < -0.39 is 29.6 Å². The third kappa shape index (κ3) is 3.71. The first kappa shape index (κ1) is 14.5. The minimum atomic E-state index is -5.20. The summed E-state index contributed by atoms with van der Waals surface area (Å²) in [7, 11) is 0. The van der Waals surface area contributed by atoms with Crippen LogP contribution in [0.4, 0.5) is 26.3 Å². The van der Waals surface area contributed by atoms with Crippen LogP contribution in [0.15, 0.2) is 18.2 Å². The van der Waals surface area contributed by atoms with Crippen molar-refractivity contribution in [2.75, 3.05) is 6.61 Å². The molecule has 8 heteroatoms. The molecule has 1 rings (SSSR count). The van der Waals surface area contributed by atoms with E-state index in [0.717, 1.165) is 12.1 Å². The minimum absolute atomic E-state index is 0.113. The monoisotopic (exact) mass is 274 g/mol. The summed E-state index contributed by atoms with van der Waals surface area (Å²) in [5.41, 5.74) is -1.58. The van der Waals surface area contributed by atoms with Gasteiger partial charge in [-0.2, -0.15) is 13.2 Å². The number of ether oxygens (including phenoxy) is 2. The molecule has 0 spiro atoms. The third-order valence-corrected chi connectivity index (χ3v) is 1.80. The van der Waals surface area contributed by atoms with Gasteiger partial charge in [0.2, 0.25) is 0 Å². The molecule has 2 nitrogen and oxygen atoms in total. The number of alkyl halides is 6. The smallest absolute Gasteiger partial charge is 0.493 e. The summed E-state index contributed by atoms with van der Waals surface area (Å²) in [6, 6.07) is 2.50. The normalized spacial score (nSPS) is 12.4. The molecule has 0 N–H and O–H groups in total. The van der Waals surface area contributed by atoms with Gasteiger partial charge in [-0.1, -0.05) is 6.07 Å². The summed E-state index contributed by atoms with van der Waals surface area (Å²) >= 11 is 0. The lowest BCUT2D eigenvalue weighted by atomic mass is 10.1. The van der Waals surface area contributed by atoms with Crippen molar-refractivity contribution in [3.8, 4) is 11.5 Å². The highest BCUT2D eigenvalue weighted by Crippen LogP contribution is 2.43. The molecule has 0 saturated heterocycles. The van der Waals surface area contributed by atoms with Gasteiger partial charge in [-0.25, -0.2) is 0 Å². The van der Waals surface area contributed by atoms with Gasteiger partial charge in [-0.3, -0.25) is 0 Å². The van der Waals surface area contributed by atoms with Crippen molar-refractivity contribution in [1.82, 2.24) is 0 Å². The predicted octanol–water partition coefficient (Wildman–Crippen LogP) is 4.00. The van der Waals surface area contributed by atoms with Crippen LogP contribution in [0.5, 0.6) is 11.5 Å². The zero-order valence-corrected chi connectivity index (χ0v) is 9.02. The second-order valence-corrected chi connectivity index (χ2v) is 3.11. The molecule has 0 aliphatic rings. The zero-order chi connectivity index (χ0) is 14.0. The van der Waals surface area contributed by atoms with Gasteiger partial charge in [-0.15, -0.1) is 13.2 Å². The molecule has 1 aromatic carbocycles. The van der Waals surface area contributed by atoms with Crippen LogP contribution in [0, 0.1) is 0 Å². The molecule has 0 radical (unpaired) electrons. The Morgan fingerprint density at radius 1 is 1.00 bits per heavy atom. The summed E-state index contributed by atoms with van der Waals surface area (Å²) in [5, 5.41) is 0. The Labute approximate surface area is 98.1 Å². The highest BCUT2D eigenvalue weighted by molar-refractivity contribution is 5.46. The summed E-state index contributed by atoms with van der Waals surface area (Å²) in [4.78, 5) is 0. The lowest BCUT2D eigenvalue weighted by Crippen LogP contribution is -2.20. The lowest BCUT2D eigenvalue weighted by molar-refractivity contribution is -0.276. The number of hydrogen-bond acceptors (Lipinski definition) is 2. The van der Waals surface area contributed by atoms with Gasteiger partial charge in [0.15, 0.2) is 0 Å². The van der Waals surface area contributed by atoms with Crippen molar-refractivity contribution in [1.29, 1.82) is 0 Å². The van der Waals surface area contributed by atoms with Crippen LogP contribution >= 0.6 is 0 Å². The maximum atomic E-state index is 12.7. The van der Waals surface area contributed by atoms with Gasteiger partial charge >= 0.3 is 12.5 Å². The fourth-order valence-electron chi connectivity index (χ4n) is 1.28. The second kappa shape index (κ2) is 4.95. The number of halogens is 6. The highest BCUT2D eigenvalue weighted by atomic mass is 19.4. The van der Waals surface area contributed by atoms with E-state index in [-0.39, 0.29) is 6.61 Å². The Morgan fingerprint density at radius 3 is 2.00 bits per heavy atom. The summed E-state index contributed by atoms with van der Waals surface area (Å²) in [6.45, 7) is 1.30. The quantitative estimate of drug-likeness (QED) is 0.775. The van der Waals surface area contributed by atoms with E-state index in [2.05, 4.69) is 9.47 Å². The molecule has 0 unspecified atom stereocenters. The molecule has 0 saturated carbocycles. The average molecular weight is 274 g/mol. The molecular weight excluding hydrogens is 266 g/mol. The molecule has 102 valence electrons. The van der Waals surface area contributed by atoms with Crippen LogP contribution in [0.1, 0.15) is 12.5 Å². The molecule has 0 bridgehead atoms. The molecule has 0 fully saturated rings. The Hall–Kier alpha value is -1.60. The highest BCUT2D eigenvalue weighted by Gasteiger charge is 2.41. The van der Waals surface area contributed by atoms with Crippen LogP contribution in [0.3, 0.4) is 0 Å². The maximum absolute atomic E-state index is 12.7. The number of hydrogen-bond donors (Lipinski definition) is 0. The number of benzene rings is 1. The first-order chi connectivity index (χ1) is 8.15. The first-order valence-electron chi connectivity index (χ1n) is 4.74. The van der Waals surface area contributed by atoms with Gasteiger partial charge in [0.25, 0.3) is 0 Å². The van der Waals surface area contributed by atoms with Gasteiger partial charge < -0.3 is 9.47 Å². The van der Waals surface area contributed by atoms with Gasteiger partial charge in [0.05, 0.1) is 6.61 Å². The van der Waals surface area contributed by atoms with Crippen molar-refractivity contribution in [2.24, 2.45) is 0 Å². The van der Waals surface area contributed by atoms with Gasteiger partial charge in [-0.05, 0) is 19.1 Å². The van der Waals surface area contributed by atoms with Crippen molar-refractivity contribution >= 4 is 0 Å². The van der Waals surface area contributed by atoms with Crippen LogP contribution < -0.4 is 9.47 Å². The van der Waals surface area contributed by atoms with E-state index in [1.54, 1.807) is 0 Å². The summed E-state index contributed by atoms with van der Waals surface area (Å²) < 4.78 is 82.0. The third-order valence-electron chi connectivity index (χ3n) is 1.80. The zero-order valence-electron chi connectivity index (χ0n) is 9.02. The average Bonchev–Trinajstić information content (AvgIpc) is 2.13. The van der Waals surface area contributed by atoms with Crippen molar-refractivity contribution in [3.63, 3.8) is 0 Å². The van der Waals surface area contributed by atoms with Gasteiger partial charge in [0, 0.05) is 0 Å². The standard InChI is InChI=1S/C10H8F6O2/c1-2-17-6-4-3-5-7(18-10(14,15)16)8(6)9(11,12)13/h3-5H,2H2,1H3. The fraction of sp³-hybridized carbons (Fsp3) is 0.400. The molecule has 0 heterocycles. The fourth-order valence-corrected chi connectivity index (χ4v) is 1.28. The Kier molecular flexibility index (Phi) is 3.98. The minimum Gasteiger partial charge on any atom is -0.493 e. The van der Waals surface area contributed by atoms with Crippen molar-refractivity contribution < 1.29 is 35.8 Å². The van der Waals surface area contributed by atoms with E-state index in [4.69, 9.17) is 0 Å². The Bertz CT molecular complexity index is 410. The maximum Gasteiger partial charge on any atom is 0.573 e. The lowest BCUT2D eigenvalue weighted by Gasteiger charge is -2.18. The van der Waals surface area contributed by atoms with Gasteiger partial charge in [0.1, 0.15) is 17.1 Å². The topological polar surface area (TPSA) is 18.5 Å². The van der Waals surface area contributed by atoms with Crippen molar-refractivity contribution in [3.05, 3.63) is 23.8 Å². The molecule has 1 aromatic rings. The largest absolute Gasteiger partial charge is 0.573 e. The van der Waals surface area contributed by atoms with E-state index in [0.29, 0.717) is 6.07 Å². The Morgan fingerprint density at radius 2 is 1.56 bits per heavy atom. The second-order valence-electron chi connectivity index (χ2n) is 3.11. The van der Waals surface area contributed by atoms with Crippen molar-refractivity contribution in [2.45, 2.75) is 19.5 Å². The molecule has 0 amide bonds. The molecule has 0 aliphatic carbocycles.